The van der Waals surface area contributed by atoms with Gasteiger partial charge >= 0.3 is 0 Å². The normalized spacial score (nSPS) is 21.9. The summed E-state index contributed by atoms with van der Waals surface area (Å²) >= 11 is 0. The lowest BCUT2D eigenvalue weighted by Gasteiger charge is -2.24. The van der Waals surface area contributed by atoms with Gasteiger partial charge in [0.25, 0.3) is 0 Å². The number of hydrogen-bond donors (Lipinski definition) is 2. The standard InChI is InChI=1S/C13H24N6OS/c1-4-19(5-2)13-17-11(14-3)16-12(18-13)15-10-6-8-21(20)9-7-10/h10H,4-9H2,1-3H3,(H2,14,15,16,17,18). The lowest BCUT2D eigenvalue weighted by Crippen LogP contribution is -2.31. The maximum atomic E-state index is 11.4. The molecule has 1 saturated heterocycles. The molecule has 0 radical (unpaired) electrons. The molecule has 1 aliphatic heterocycles. The van der Waals surface area contributed by atoms with Crippen molar-refractivity contribution in [2.75, 3.05) is 47.2 Å². The average Bonchev–Trinajstić information content (AvgIpc) is 2.50. The molecule has 0 aromatic carbocycles. The Morgan fingerprint density at radius 2 is 1.76 bits per heavy atom. The largest absolute Gasteiger partial charge is 0.357 e. The summed E-state index contributed by atoms with van der Waals surface area (Å²) in [4.78, 5) is 15.4. The first kappa shape index (κ1) is 15.9. The first-order valence-electron chi connectivity index (χ1n) is 7.46. The molecule has 1 fully saturated rings. The smallest absolute Gasteiger partial charge is 0.231 e. The highest BCUT2D eigenvalue weighted by Gasteiger charge is 2.19. The van der Waals surface area contributed by atoms with Crippen LogP contribution in [0.15, 0.2) is 0 Å². The molecule has 118 valence electrons. The second-order valence-corrected chi connectivity index (χ2v) is 6.67. The van der Waals surface area contributed by atoms with Crippen molar-refractivity contribution >= 4 is 28.6 Å². The Kier molecular flexibility index (Phi) is 5.72. The molecule has 21 heavy (non-hydrogen) atoms. The van der Waals surface area contributed by atoms with Crippen molar-refractivity contribution in [3.8, 4) is 0 Å². The van der Waals surface area contributed by atoms with E-state index in [0.29, 0.717) is 23.9 Å². The Bertz CT molecular complexity index is 484. The molecular formula is C13H24N6OS. The van der Waals surface area contributed by atoms with Crippen LogP contribution in [0.5, 0.6) is 0 Å². The first-order valence-corrected chi connectivity index (χ1v) is 8.95. The van der Waals surface area contributed by atoms with E-state index in [1.807, 2.05) is 0 Å². The van der Waals surface area contributed by atoms with Gasteiger partial charge in [-0.15, -0.1) is 0 Å². The predicted octanol–water partition coefficient (Wildman–Crippen LogP) is 1.08. The number of aromatic nitrogens is 3. The maximum Gasteiger partial charge on any atom is 0.231 e. The fraction of sp³-hybridized carbons (Fsp3) is 0.769. The third-order valence-corrected chi connectivity index (χ3v) is 5.00. The predicted molar refractivity (Wildman–Crippen MR) is 87.5 cm³/mol. The highest BCUT2D eigenvalue weighted by atomic mass is 32.2. The van der Waals surface area contributed by atoms with E-state index in [0.717, 1.165) is 37.4 Å². The molecule has 1 aromatic heterocycles. The van der Waals surface area contributed by atoms with E-state index < -0.39 is 10.8 Å². The monoisotopic (exact) mass is 312 g/mol. The molecule has 2 N–H and O–H groups in total. The zero-order chi connectivity index (χ0) is 15.2. The quantitative estimate of drug-likeness (QED) is 0.813. The molecule has 0 amide bonds. The van der Waals surface area contributed by atoms with Gasteiger partial charge in [0, 0.05) is 48.5 Å². The van der Waals surface area contributed by atoms with E-state index in [9.17, 15) is 4.21 Å². The number of nitrogens with zero attached hydrogens (tertiary/aromatic N) is 4. The molecule has 2 rings (SSSR count). The van der Waals surface area contributed by atoms with Gasteiger partial charge in [0.1, 0.15) is 0 Å². The maximum absolute atomic E-state index is 11.4. The average molecular weight is 312 g/mol. The number of anilines is 3. The molecular weight excluding hydrogens is 288 g/mol. The van der Waals surface area contributed by atoms with Gasteiger partial charge in [-0.1, -0.05) is 0 Å². The Morgan fingerprint density at radius 1 is 1.14 bits per heavy atom. The van der Waals surface area contributed by atoms with Gasteiger partial charge in [-0.05, 0) is 26.7 Å². The van der Waals surface area contributed by atoms with Gasteiger partial charge < -0.3 is 15.5 Å². The lowest BCUT2D eigenvalue weighted by atomic mass is 10.2. The summed E-state index contributed by atoms with van der Waals surface area (Å²) in [6.07, 6.45) is 1.79. The Labute approximate surface area is 128 Å². The van der Waals surface area contributed by atoms with Crippen LogP contribution in [-0.4, -0.2) is 56.8 Å². The van der Waals surface area contributed by atoms with Crippen LogP contribution in [0.2, 0.25) is 0 Å². The summed E-state index contributed by atoms with van der Waals surface area (Å²) in [5.41, 5.74) is 0. The van der Waals surface area contributed by atoms with Crippen LogP contribution in [0.4, 0.5) is 17.8 Å². The van der Waals surface area contributed by atoms with Crippen LogP contribution >= 0.6 is 0 Å². The molecule has 0 spiro atoms. The van der Waals surface area contributed by atoms with Crippen LogP contribution in [0.1, 0.15) is 26.7 Å². The van der Waals surface area contributed by atoms with E-state index >= 15 is 0 Å². The summed E-state index contributed by atoms with van der Waals surface area (Å²) in [7, 11) is 1.15. The molecule has 7 nitrogen and oxygen atoms in total. The molecule has 2 heterocycles. The second kappa shape index (κ2) is 7.53. The molecule has 1 aromatic rings. The Morgan fingerprint density at radius 3 is 2.33 bits per heavy atom. The Balaban J connectivity index is 2.14. The van der Waals surface area contributed by atoms with Crippen LogP contribution < -0.4 is 15.5 Å². The Hall–Kier alpha value is -1.44. The first-order chi connectivity index (χ1) is 10.2. The molecule has 8 heteroatoms. The van der Waals surface area contributed by atoms with Crippen molar-refractivity contribution in [3.63, 3.8) is 0 Å². The third-order valence-electron chi connectivity index (χ3n) is 3.61. The highest BCUT2D eigenvalue weighted by Crippen LogP contribution is 2.17. The molecule has 1 aliphatic rings. The van der Waals surface area contributed by atoms with Crippen LogP contribution in [0.3, 0.4) is 0 Å². The van der Waals surface area contributed by atoms with Crippen LogP contribution in [-0.2, 0) is 10.8 Å². The third kappa shape index (κ3) is 4.26. The van der Waals surface area contributed by atoms with Gasteiger partial charge in [0.05, 0.1) is 0 Å². The van der Waals surface area contributed by atoms with E-state index in [1.54, 1.807) is 7.05 Å². The second-order valence-electron chi connectivity index (χ2n) is 4.97. The molecule has 0 atom stereocenters. The van der Waals surface area contributed by atoms with E-state index in [-0.39, 0.29) is 0 Å². The number of nitrogens with one attached hydrogen (secondary N) is 2. The summed E-state index contributed by atoms with van der Waals surface area (Å²) < 4.78 is 11.4. The summed E-state index contributed by atoms with van der Waals surface area (Å²) in [6, 6.07) is 0.291. The van der Waals surface area contributed by atoms with Crippen LogP contribution in [0, 0.1) is 0 Å². The van der Waals surface area contributed by atoms with Gasteiger partial charge in [0.15, 0.2) is 0 Å². The fourth-order valence-electron chi connectivity index (χ4n) is 2.31. The fourth-order valence-corrected chi connectivity index (χ4v) is 3.61. The van der Waals surface area contributed by atoms with Gasteiger partial charge in [-0.25, -0.2) is 0 Å². The minimum absolute atomic E-state index is 0.291. The van der Waals surface area contributed by atoms with Crippen molar-refractivity contribution in [2.45, 2.75) is 32.7 Å². The van der Waals surface area contributed by atoms with Gasteiger partial charge in [0.2, 0.25) is 17.8 Å². The number of rotatable bonds is 6. The van der Waals surface area contributed by atoms with Crippen molar-refractivity contribution in [1.29, 1.82) is 0 Å². The van der Waals surface area contributed by atoms with Crippen molar-refractivity contribution < 1.29 is 4.21 Å². The zero-order valence-electron chi connectivity index (χ0n) is 12.9. The molecule has 0 bridgehead atoms. The summed E-state index contributed by atoms with van der Waals surface area (Å²) in [5, 5.41) is 6.33. The SMILES string of the molecule is CCN(CC)c1nc(NC)nc(NC2CCS(=O)CC2)n1. The van der Waals surface area contributed by atoms with Gasteiger partial charge in [-0.3, -0.25) is 4.21 Å². The van der Waals surface area contributed by atoms with E-state index in [4.69, 9.17) is 0 Å². The minimum atomic E-state index is -0.653. The number of hydrogen-bond acceptors (Lipinski definition) is 7. The molecule has 0 unspecified atom stereocenters. The lowest BCUT2D eigenvalue weighted by molar-refractivity contribution is 0.620. The molecule has 0 saturated carbocycles. The van der Waals surface area contributed by atoms with E-state index in [1.165, 1.54) is 0 Å². The van der Waals surface area contributed by atoms with Crippen molar-refractivity contribution in [2.24, 2.45) is 0 Å². The highest BCUT2D eigenvalue weighted by molar-refractivity contribution is 7.85. The topological polar surface area (TPSA) is 83.0 Å². The zero-order valence-corrected chi connectivity index (χ0v) is 13.7. The van der Waals surface area contributed by atoms with Crippen molar-refractivity contribution in [1.82, 2.24) is 15.0 Å². The van der Waals surface area contributed by atoms with Crippen molar-refractivity contribution in [3.05, 3.63) is 0 Å². The van der Waals surface area contributed by atoms with E-state index in [2.05, 4.69) is 44.3 Å². The summed E-state index contributed by atoms with van der Waals surface area (Å²) in [5.74, 6) is 3.35. The summed E-state index contributed by atoms with van der Waals surface area (Å²) in [6.45, 7) is 5.86. The van der Waals surface area contributed by atoms with Gasteiger partial charge in [-0.2, -0.15) is 15.0 Å². The minimum Gasteiger partial charge on any atom is -0.357 e. The van der Waals surface area contributed by atoms with Crippen LogP contribution in [0.25, 0.3) is 0 Å². The molecule has 0 aliphatic carbocycles.